The quantitative estimate of drug-likeness (QED) is 0.169. The fraction of sp³-hybridized carbons (Fsp3) is 0.111. The highest BCUT2D eigenvalue weighted by atomic mass is 32.2. The van der Waals surface area contributed by atoms with Gasteiger partial charge in [-0.25, -0.2) is 10.8 Å². The van der Waals surface area contributed by atoms with Gasteiger partial charge in [-0.3, -0.25) is 9.22 Å². The summed E-state index contributed by atoms with van der Waals surface area (Å²) in [5, 5.41) is 8.71. The Morgan fingerprint density at radius 1 is 1.08 bits per heavy atom. The first-order valence-electron chi connectivity index (χ1n) is 11.3. The molecule has 0 aliphatic carbocycles. The van der Waals surface area contributed by atoms with Crippen LogP contribution in [0.5, 0.6) is 0 Å². The van der Waals surface area contributed by atoms with Gasteiger partial charge in [0.2, 0.25) is 0 Å². The van der Waals surface area contributed by atoms with Crippen molar-refractivity contribution in [2.75, 3.05) is 11.3 Å². The minimum atomic E-state index is -4.62. The van der Waals surface area contributed by atoms with Gasteiger partial charge in [-0.15, -0.1) is 0 Å². The second-order valence-corrected chi connectivity index (χ2v) is 9.79. The van der Waals surface area contributed by atoms with E-state index in [-0.39, 0.29) is 5.82 Å². The lowest BCUT2D eigenvalue weighted by Crippen LogP contribution is -2.31. The molecule has 196 valence electrons. The van der Waals surface area contributed by atoms with Gasteiger partial charge in [-0.05, 0) is 47.9 Å². The van der Waals surface area contributed by atoms with E-state index in [0.717, 1.165) is 11.8 Å². The van der Waals surface area contributed by atoms with Crippen molar-refractivity contribution < 1.29 is 17.4 Å². The first kappa shape index (κ1) is 26.8. The Balaban J connectivity index is 1.90. The molecule has 0 fully saturated rings. The zero-order valence-corrected chi connectivity index (χ0v) is 21.3. The van der Waals surface area contributed by atoms with Gasteiger partial charge in [0.1, 0.15) is 5.82 Å². The van der Waals surface area contributed by atoms with Crippen molar-refractivity contribution in [2.45, 2.75) is 18.0 Å². The first-order valence-corrected chi connectivity index (χ1v) is 12.9. The molecule has 1 heterocycles. The van der Waals surface area contributed by atoms with Crippen LogP contribution >= 0.6 is 0 Å². The summed E-state index contributed by atoms with van der Waals surface area (Å²) in [5.74, 6) is 6.72. The second kappa shape index (κ2) is 10.6. The monoisotopic (exact) mass is 538 g/mol. The van der Waals surface area contributed by atoms with Crippen LogP contribution in [0, 0.1) is 12.3 Å². The average Bonchev–Trinajstić information content (AvgIpc) is 3.31. The number of hydrazine groups is 1. The molecule has 0 amide bonds. The molecule has 5 N–H and O–H groups in total. The topological polar surface area (TPSA) is 114 Å². The maximum absolute atomic E-state index is 13.4. The van der Waals surface area contributed by atoms with Gasteiger partial charge < -0.3 is 15.7 Å². The molecule has 0 spiro atoms. The number of alkyl halides is 3. The van der Waals surface area contributed by atoms with E-state index in [9.17, 15) is 17.4 Å². The number of aryl methyl sites for hydroxylation is 1. The van der Waals surface area contributed by atoms with Crippen LogP contribution in [-0.4, -0.2) is 26.2 Å². The fourth-order valence-electron chi connectivity index (χ4n) is 4.00. The highest BCUT2D eigenvalue weighted by molar-refractivity contribution is 7.84. The number of anilines is 1. The molecule has 38 heavy (non-hydrogen) atoms. The summed E-state index contributed by atoms with van der Waals surface area (Å²) < 4.78 is 53.7. The third-order valence-electron chi connectivity index (χ3n) is 5.96. The third kappa shape index (κ3) is 5.38. The number of nitrogens with one attached hydrogen (secondary N) is 1. The van der Waals surface area contributed by atoms with Crippen LogP contribution in [0.4, 0.5) is 18.9 Å². The fourth-order valence-corrected chi connectivity index (χ4v) is 4.57. The van der Waals surface area contributed by atoms with Crippen LogP contribution in [-0.2, 0) is 17.0 Å². The summed E-state index contributed by atoms with van der Waals surface area (Å²) in [6.45, 7) is 1.48. The molecule has 0 aliphatic rings. The number of halogens is 3. The van der Waals surface area contributed by atoms with Crippen molar-refractivity contribution in [1.29, 1.82) is 5.41 Å². The molecule has 0 saturated carbocycles. The Morgan fingerprint density at radius 2 is 1.76 bits per heavy atom. The molecule has 3 aromatic carbocycles. The van der Waals surface area contributed by atoms with Gasteiger partial charge in [-0.2, -0.15) is 13.2 Å². The zero-order chi connectivity index (χ0) is 27.6. The van der Waals surface area contributed by atoms with E-state index in [0.29, 0.717) is 38.7 Å². The predicted octanol–water partition coefficient (Wildman–Crippen LogP) is 5.24. The molecule has 0 aliphatic heterocycles. The number of hydrogen-bond donors (Lipinski definition) is 3. The van der Waals surface area contributed by atoms with Crippen molar-refractivity contribution in [3.63, 3.8) is 0 Å². The van der Waals surface area contributed by atoms with Gasteiger partial charge in [0.05, 0.1) is 17.1 Å². The molecule has 1 unspecified atom stereocenters. The number of rotatable bonds is 7. The molecule has 4 rings (SSSR count). The van der Waals surface area contributed by atoms with Crippen molar-refractivity contribution >= 4 is 28.4 Å². The van der Waals surface area contributed by atoms with Gasteiger partial charge in [0.15, 0.2) is 5.69 Å². The van der Waals surface area contributed by atoms with E-state index in [1.165, 1.54) is 28.9 Å². The molecular formula is C27H25F3N6OS. The number of imidazole rings is 1. The normalized spacial score (nSPS) is 12.8. The summed E-state index contributed by atoms with van der Waals surface area (Å²) in [6, 6.07) is 19.2. The summed E-state index contributed by atoms with van der Waals surface area (Å²) in [7, 11) is -1.20. The molecule has 0 radical (unpaired) electrons. The van der Waals surface area contributed by atoms with Crippen molar-refractivity contribution in [2.24, 2.45) is 11.6 Å². The van der Waals surface area contributed by atoms with E-state index in [1.54, 1.807) is 66.9 Å². The smallest absolute Gasteiger partial charge is 0.403 e. The molecule has 0 bridgehead atoms. The summed E-state index contributed by atoms with van der Waals surface area (Å²) in [4.78, 5) is 4.33. The number of aromatic nitrogens is 2. The lowest BCUT2D eigenvalue weighted by molar-refractivity contribution is -0.141. The van der Waals surface area contributed by atoms with Crippen LogP contribution in [0.15, 0.2) is 84.0 Å². The Kier molecular flexibility index (Phi) is 7.51. The largest absolute Gasteiger partial charge is 0.434 e. The molecule has 4 aromatic rings. The molecule has 1 aromatic heterocycles. The summed E-state index contributed by atoms with van der Waals surface area (Å²) >= 11 is 0. The van der Waals surface area contributed by atoms with Gasteiger partial charge >= 0.3 is 6.18 Å². The van der Waals surface area contributed by atoms with E-state index < -0.39 is 22.7 Å². The van der Waals surface area contributed by atoms with Crippen LogP contribution in [0.1, 0.15) is 22.6 Å². The molecular weight excluding hydrogens is 513 g/mol. The molecule has 7 nitrogen and oxygen atoms in total. The van der Waals surface area contributed by atoms with Gasteiger partial charge in [0.25, 0.3) is 0 Å². The number of nitrogens with two attached hydrogens (primary N) is 2. The maximum Gasteiger partial charge on any atom is 0.434 e. The van der Waals surface area contributed by atoms with Crippen LogP contribution in [0.2, 0.25) is 0 Å². The Labute approximate surface area is 220 Å². The van der Waals surface area contributed by atoms with Crippen molar-refractivity contribution in [3.05, 3.63) is 102 Å². The highest BCUT2D eigenvalue weighted by Gasteiger charge is 2.34. The van der Waals surface area contributed by atoms with E-state index in [1.807, 2.05) is 6.07 Å². The Bertz CT molecular complexity index is 1540. The highest BCUT2D eigenvalue weighted by Crippen LogP contribution is 2.36. The SMILES string of the molecule is Cc1nc(C(F)(F)F)cn1-c1ccc(-c2cccc(S(C)=O)c2)cc1N(N)/C(=C\N)c1ccc(C=N)cc1. The third-order valence-corrected chi connectivity index (χ3v) is 6.87. The molecule has 0 saturated heterocycles. The standard InChI is InChI=1S/C27H25F3N6OS/c1-17-34-26(27(28,29)30)16-35(17)23-11-10-21(20-4-3-5-22(12-20)38(2)37)13-24(23)36(33)25(15-32)19-8-6-18(14-31)7-9-19/h3-16,31H,32-33H2,1-2H3/b25-15-,31-14?. The Morgan fingerprint density at radius 3 is 2.34 bits per heavy atom. The summed E-state index contributed by atoms with van der Waals surface area (Å²) in [5.41, 5.74) is 8.81. The van der Waals surface area contributed by atoms with Crippen LogP contribution < -0.4 is 16.6 Å². The van der Waals surface area contributed by atoms with E-state index in [2.05, 4.69) is 4.98 Å². The number of benzene rings is 3. The lowest BCUT2D eigenvalue weighted by Gasteiger charge is -2.26. The number of nitrogens with zero attached hydrogens (tertiary/aromatic N) is 3. The maximum atomic E-state index is 13.4. The molecule has 11 heteroatoms. The minimum Gasteiger partial charge on any atom is -0.403 e. The van der Waals surface area contributed by atoms with Crippen LogP contribution in [0.3, 0.4) is 0 Å². The van der Waals surface area contributed by atoms with E-state index in [4.69, 9.17) is 17.0 Å². The second-order valence-electron chi connectivity index (χ2n) is 8.41. The minimum absolute atomic E-state index is 0.122. The van der Waals surface area contributed by atoms with Gasteiger partial charge in [-0.1, -0.05) is 42.5 Å². The Hall–Kier alpha value is -4.22. The first-order chi connectivity index (χ1) is 18.0. The predicted molar refractivity (Wildman–Crippen MR) is 144 cm³/mol. The number of hydrogen-bond acceptors (Lipinski definition) is 6. The van der Waals surface area contributed by atoms with Crippen molar-refractivity contribution in [3.8, 4) is 16.8 Å². The average molecular weight is 539 g/mol. The lowest BCUT2D eigenvalue weighted by atomic mass is 10.0. The van der Waals surface area contributed by atoms with Crippen molar-refractivity contribution in [1.82, 2.24) is 9.55 Å². The van der Waals surface area contributed by atoms with Crippen LogP contribution in [0.25, 0.3) is 22.5 Å². The molecule has 1 atom stereocenters. The van der Waals surface area contributed by atoms with E-state index >= 15 is 0 Å². The zero-order valence-electron chi connectivity index (χ0n) is 20.5. The van der Waals surface area contributed by atoms with Gasteiger partial charge in [0, 0.05) is 46.1 Å². The summed E-state index contributed by atoms with van der Waals surface area (Å²) in [6.07, 6.45) is 0.395.